The second-order valence-corrected chi connectivity index (χ2v) is 2.11. The predicted octanol–water partition coefficient (Wildman–Crippen LogP) is 0.154. The molecular weight excluding hydrogens is 114 g/mol. The number of rotatable bonds is 0. The van der Waals surface area contributed by atoms with E-state index in [1.54, 1.807) is 0 Å². The van der Waals surface area contributed by atoms with Crippen LogP contribution in [0.5, 0.6) is 0 Å². The molecule has 0 spiro atoms. The van der Waals surface area contributed by atoms with Crippen LogP contribution in [0.1, 0.15) is 12.8 Å². The van der Waals surface area contributed by atoms with Crippen molar-refractivity contribution in [2.24, 2.45) is 0 Å². The van der Waals surface area contributed by atoms with Crippen LogP contribution in [0.2, 0.25) is 0 Å². The average molecular weight is 121 g/mol. The highest BCUT2D eigenvalue weighted by atomic mass is 15.0. The van der Waals surface area contributed by atoms with E-state index in [2.05, 4.69) is 17.5 Å². The summed E-state index contributed by atoms with van der Waals surface area (Å²) in [5.74, 6) is 0. The lowest BCUT2D eigenvalue weighted by Gasteiger charge is -1.97. The Morgan fingerprint density at radius 1 is 1.11 bits per heavy atom. The monoisotopic (exact) mass is 121 g/mol. The highest BCUT2D eigenvalue weighted by Crippen LogP contribution is 2.09. The molecular formula is C6H7N3. The van der Waals surface area contributed by atoms with E-state index in [1.165, 1.54) is 0 Å². The van der Waals surface area contributed by atoms with Gasteiger partial charge >= 0.3 is 0 Å². The summed E-state index contributed by atoms with van der Waals surface area (Å²) in [6.07, 6.45) is 1.63. The molecule has 1 fully saturated rings. The lowest BCUT2D eigenvalue weighted by Crippen LogP contribution is -2.26. The first-order valence-electron chi connectivity index (χ1n) is 2.92. The first-order valence-corrected chi connectivity index (χ1v) is 2.92. The van der Waals surface area contributed by atoms with Gasteiger partial charge in [0.15, 0.2) is 0 Å². The van der Waals surface area contributed by atoms with E-state index in [0.717, 1.165) is 12.8 Å². The summed E-state index contributed by atoms with van der Waals surface area (Å²) in [5, 5.41) is 19.6. The molecule has 1 aliphatic rings. The summed E-state index contributed by atoms with van der Waals surface area (Å²) in [5.41, 5.74) is 0. The van der Waals surface area contributed by atoms with E-state index in [-0.39, 0.29) is 12.1 Å². The predicted molar refractivity (Wildman–Crippen MR) is 31.2 cm³/mol. The van der Waals surface area contributed by atoms with Gasteiger partial charge in [-0.3, -0.25) is 5.32 Å². The van der Waals surface area contributed by atoms with Gasteiger partial charge in [0.1, 0.15) is 0 Å². The Morgan fingerprint density at radius 2 is 1.56 bits per heavy atom. The maximum absolute atomic E-state index is 8.36. The third kappa shape index (κ3) is 1.19. The largest absolute Gasteiger partial charge is 0.287 e. The molecule has 3 heteroatoms. The summed E-state index contributed by atoms with van der Waals surface area (Å²) in [4.78, 5) is 0. The Kier molecular flexibility index (Phi) is 1.67. The molecule has 1 aliphatic heterocycles. The molecule has 1 heterocycles. The van der Waals surface area contributed by atoms with Gasteiger partial charge in [0.05, 0.1) is 24.2 Å². The van der Waals surface area contributed by atoms with Crippen LogP contribution in [-0.4, -0.2) is 12.1 Å². The van der Waals surface area contributed by atoms with Crippen LogP contribution < -0.4 is 5.32 Å². The van der Waals surface area contributed by atoms with E-state index in [9.17, 15) is 0 Å². The quantitative estimate of drug-likeness (QED) is 0.496. The standard InChI is InChI=1S/C6H7N3/c7-3-5-1-2-6(4-8)9-5/h5-6,9H,1-2H2/t5-,6-/m0/s1. The molecule has 0 amide bonds. The molecule has 1 N–H and O–H groups in total. The number of nitrogens with zero attached hydrogens (tertiary/aromatic N) is 2. The van der Waals surface area contributed by atoms with E-state index in [0.29, 0.717) is 0 Å². The highest BCUT2D eigenvalue weighted by Gasteiger charge is 2.21. The van der Waals surface area contributed by atoms with Crippen molar-refractivity contribution in [3.05, 3.63) is 0 Å². The maximum atomic E-state index is 8.36. The van der Waals surface area contributed by atoms with E-state index in [4.69, 9.17) is 10.5 Å². The summed E-state index contributed by atoms with van der Waals surface area (Å²) < 4.78 is 0. The van der Waals surface area contributed by atoms with Crippen molar-refractivity contribution in [2.45, 2.75) is 24.9 Å². The van der Waals surface area contributed by atoms with Gasteiger partial charge in [0, 0.05) is 0 Å². The fraction of sp³-hybridized carbons (Fsp3) is 0.667. The van der Waals surface area contributed by atoms with Crippen LogP contribution in [0.3, 0.4) is 0 Å². The second-order valence-electron chi connectivity index (χ2n) is 2.11. The van der Waals surface area contributed by atoms with Gasteiger partial charge in [0.2, 0.25) is 0 Å². The Bertz CT molecular complexity index is 154. The van der Waals surface area contributed by atoms with Crippen molar-refractivity contribution in [3.63, 3.8) is 0 Å². The number of hydrogen-bond acceptors (Lipinski definition) is 3. The van der Waals surface area contributed by atoms with Crippen LogP contribution in [0.15, 0.2) is 0 Å². The van der Waals surface area contributed by atoms with Gasteiger partial charge in [-0.2, -0.15) is 10.5 Å². The van der Waals surface area contributed by atoms with Crippen molar-refractivity contribution in [1.29, 1.82) is 10.5 Å². The minimum absolute atomic E-state index is 0.0883. The van der Waals surface area contributed by atoms with Crippen LogP contribution in [0.25, 0.3) is 0 Å². The molecule has 0 aromatic heterocycles. The molecule has 0 aliphatic carbocycles. The number of hydrogen-bond donors (Lipinski definition) is 1. The summed E-state index contributed by atoms with van der Waals surface area (Å²) in [6, 6.07) is 3.96. The van der Waals surface area contributed by atoms with Gasteiger partial charge in [0.25, 0.3) is 0 Å². The fourth-order valence-electron chi connectivity index (χ4n) is 0.946. The first kappa shape index (κ1) is 6.07. The van der Waals surface area contributed by atoms with Crippen molar-refractivity contribution in [2.75, 3.05) is 0 Å². The van der Waals surface area contributed by atoms with Crippen molar-refractivity contribution in [1.82, 2.24) is 5.32 Å². The van der Waals surface area contributed by atoms with Crippen LogP contribution in [0, 0.1) is 22.7 Å². The summed E-state index contributed by atoms with van der Waals surface area (Å²) in [7, 11) is 0. The first-order chi connectivity index (χ1) is 4.36. The topological polar surface area (TPSA) is 59.6 Å². The van der Waals surface area contributed by atoms with E-state index in [1.807, 2.05) is 0 Å². The fourth-order valence-corrected chi connectivity index (χ4v) is 0.946. The average Bonchev–Trinajstić information content (AvgIpc) is 2.34. The molecule has 1 saturated heterocycles. The Hall–Kier alpha value is -1.06. The molecule has 0 aromatic carbocycles. The van der Waals surface area contributed by atoms with Crippen LogP contribution in [-0.2, 0) is 0 Å². The molecule has 3 nitrogen and oxygen atoms in total. The molecule has 0 bridgehead atoms. The SMILES string of the molecule is N#C[C@@H]1CC[C@@H](C#N)N1. The molecule has 0 unspecified atom stereocenters. The Labute approximate surface area is 53.9 Å². The van der Waals surface area contributed by atoms with E-state index >= 15 is 0 Å². The summed E-state index contributed by atoms with van der Waals surface area (Å²) >= 11 is 0. The second kappa shape index (κ2) is 2.48. The van der Waals surface area contributed by atoms with Gasteiger partial charge in [-0.05, 0) is 12.8 Å². The third-order valence-corrected chi connectivity index (χ3v) is 1.46. The zero-order valence-electron chi connectivity index (χ0n) is 4.96. The molecule has 0 aromatic rings. The number of nitriles is 2. The molecule has 1 rings (SSSR count). The van der Waals surface area contributed by atoms with Gasteiger partial charge in [-0.1, -0.05) is 0 Å². The zero-order chi connectivity index (χ0) is 6.69. The number of nitrogens with one attached hydrogen (secondary N) is 1. The van der Waals surface area contributed by atoms with Gasteiger partial charge < -0.3 is 0 Å². The van der Waals surface area contributed by atoms with Crippen molar-refractivity contribution in [3.8, 4) is 12.1 Å². The Balaban J connectivity index is 2.42. The minimum Gasteiger partial charge on any atom is -0.287 e. The highest BCUT2D eigenvalue weighted by molar-refractivity contribution is 5.04. The van der Waals surface area contributed by atoms with Crippen LogP contribution >= 0.6 is 0 Å². The van der Waals surface area contributed by atoms with Crippen molar-refractivity contribution >= 4 is 0 Å². The molecule has 46 valence electrons. The van der Waals surface area contributed by atoms with Gasteiger partial charge in [-0.15, -0.1) is 0 Å². The van der Waals surface area contributed by atoms with Crippen LogP contribution in [0.4, 0.5) is 0 Å². The maximum Gasteiger partial charge on any atom is 0.0963 e. The lowest BCUT2D eigenvalue weighted by atomic mass is 10.2. The molecule has 2 atom stereocenters. The molecule has 0 radical (unpaired) electrons. The smallest absolute Gasteiger partial charge is 0.0963 e. The molecule has 9 heavy (non-hydrogen) atoms. The lowest BCUT2D eigenvalue weighted by molar-refractivity contribution is 0.686. The zero-order valence-corrected chi connectivity index (χ0v) is 4.96. The van der Waals surface area contributed by atoms with E-state index < -0.39 is 0 Å². The van der Waals surface area contributed by atoms with Gasteiger partial charge in [-0.25, -0.2) is 0 Å². The normalized spacial score (nSPS) is 33.1. The van der Waals surface area contributed by atoms with Crippen molar-refractivity contribution < 1.29 is 0 Å². The molecule has 0 saturated carbocycles. The minimum atomic E-state index is -0.0883. The Morgan fingerprint density at radius 3 is 1.78 bits per heavy atom. The summed E-state index contributed by atoms with van der Waals surface area (Å²) in [6.45, 7) is 0. The third-order valence-electron chi connectivity index (χ3n) is 1.46.